The zero-order chi connectivity index (χ0) is 21.9. The molecular weight excluding hydrogens is 398 g/mol. The highest BCUT2D eigenvalue weighted by molar-refractivity contribution is 7.89. The molecule has 0 aromatic heterocycles. The van der Waals surface area contributed by atoms with Crippen LogP contribution >= 0.6 is 0 Å². The van der Waals surface area contributed by atoms with Gasteiger partial charge in [-0.25, -0.2) is 8.42 Å². The Kier molecular flexibility index (Phi) is 6.95. The second kappa shape index (κ2) is 9.29. The number of piperazine rings is 1. The second-order valence-electron chi connectivity index (χ2n) is 7.88. The number of hydrogen-bond donors (Lipinski definition) is 0. The lowest BCUT2D eigenvalue weighted by Crippen LogP contribution is -2.53. The Morgan fingerprint density at radius 1 is 1.03 bits per heavy atom. The zero-order valence-electron chi connectivity index (χ0n) is 18.2. The Balaban J connectivity index is 1.74. The molecular formula is C23H31N3O3S. The van der Waals surface area contributed by atoms with Gasteiger partial charge in [-0.3, -0.25) is 9.69 Å². The van der Waals surface area contributed by atoms with Crippen molar-refractivity contribution in [1.82, 2.24) is 14.1 Å². The first kappa shape index (κ1) is 22.5. The first-order valence-electron chi connectivity index (χ1n) is 10.4. The van der Waals surface area contributed by atoms with Crippen molar-refractivity contribution in [1.29, 1.82) is 0 Å². The Bertz CT molecular complexity index is 984. The highest BCUT2D eigenvalue weighted by Gasteiger charge is 2.34. The average molecular weight is 430 g/mol. The number of amides is 1. The maximum absolute atomic E-state index is 13.3. The van der Waals surface area contributed by atoms with Gasteiger partial charge < -0.3 is 4.90 Å². The number of hydrogen-bond acceptors (Lipinski definition) is 4. The van der Waals surface area contributed by atoms with Crippen LogP contribution in [0.25, 0.3) is 0 Å². The van der Waals surface area contributed by atoms with E-state index in [2.05, 4.69) is 0 Å². The van der Waals surface area contributed by atoms with E-state index in [9.17, 15) is 13.2 Å². The van der Waals surface area contributed by atoms with E-state index in [1.807, 2.05) is 75.2 Å². The van der Waals surface area contributed by atoms with Gasteiger partial charge in [-0.05, 0) is 44.6 Å². The lowest BCUT2D eigenvalue weighted by Gasteiger charge is -2.37. The SMILES string of the molecule is CCN(C)C(C(=O)N1CCN(S(=O)(=O)c2ccc(C)cc2C)CC1)c1ccccc1. The van der Waals surface area contributed by atoms with Gasteiger partial charge in [-0.1, -0.05) is 55.0 Å². The molecule has 1 atom stereocenters. The quantitative estimate of drug-likeness (QED) is 0.709. The molecule has 1 amide bonds. The minimum absolute atomic E-state index is 0.0223. The third-order valence-electron chi connectivity index (χ3n) is 5.79. The molecule has 1 fully saturated rings. The average Bonchev–Trinajstić information content (AvgIpc) is 2.74. The summed E-state index contributed by atoms with van der Waals surface area (Å²) in [4.78, 5) is 17.5. The molecule has 30 heavy (non-hydrogen) atoms. The van der Waals surface area contributed by atoms with Crippen LogP contribution in [0.2, 0.25) is 0 Å². The third kappa shape index (κ3) is 4.58. The number of aryl methyl sites for hydroxylation is 2. The number of carbonyl (C=O) groups is 1. The molecule has 1 heterocycles. The normalized spacial score (nSPS) is 16.6. The van der Waals surface area contributed by atoms with Gasteiger partial charge in [0.2, 0.25) is 15.9 Å². The summed E-state index contributed by atoms with van der Waals surface area (Å²) >= 11 is 0. The molecule has 7 heteroatoms. The highest BCUT2D eigenvalue weighted by atomic mass is 32.2. The number of nitrogens with zero attached hydrogens (tertiary/aromatic N) is 3. The van der Waals surface area contributed by atoms with Crippen LogP contribution in [0.5, 0.6) is 0 Å². The molecule has 1 saturated heterocycles. The zero-order valence-corrected chi connectivity index (χ0v) is 19.0. The fourth-order valence-corrected chi connectivity index (χ4v) is 5.58. The molecule has 0 saturated carbocycles. The van der Waals surface area contributed by atoms with Gasteiger partial charge in [0.1, 0.15) is 6.04 Å². The van der Waals surface area contributed by atoms with E-state index in [0.29, 0.717) is 31.1 Å². The smallest absolute Gasteiger partial charge is 0.244 e. The molecule has 3 rings (SSSR count). The number of benzene rings is 2. The van der Waals surface area contributed by atoms with E-state index in [4.69, 9.17) is 0 Å². The summed E-state index contributed by atoms with van der Waals surface area (Å²) in [7, 11) is -1.63. The molecule has 1 aliphatic heterocycles. The molecule has 0 radical (unpaired) electrons. The standard InChI is InChI=1S/C23H31N3O3S/c1-5-24(4)22(20-9-7-6-8-10-20)23(27)25-13-15-26(16-14-25)30(28,29)21-12-11-18(2)17-19(21)3/h6-12,17,22H,5,13-16H2,1-4H3. The maximum Gasteiger partial charge on any atom is 0.244 e. The van der Waals surface area contributed by atoms with Crippen LogP contribution in [-0.4, -0.2) is 68.2 Å². The van der Waals surface area contributed by atoms with Gasteiger partial charge in [0, 0.05) is 26.2 Å². The predicted octanol–water partition coefficient (Wildman–Crippen LogP) is 2.83. The van der Waals surface area contributed by atoms with Crippen LogP contribution < -0.4 is 0 Å². The second-order valence-corrected chi connectivity index (χ2v) is 9.79. The van der Waals surface area contributed by atoms with Crippen molar-refractivity contribution in [3.8, 4) is 0 Å². The molecule has 2 aromatic rings. The van der Waals surface area contributed by atoms with Crippen LogP contribution in [-0.2, 0) is 14.8 Å². The van der Waals surface area contributed by atoms with Gasteiger partial charge in [0.25, 0.3) is 0 Å². The van der Waals surface area contributed by atoms with Crippen molar-refractivity contribution in [2.75, 3.05) is 39.8 Å². The van der Waals surface area contributed by atoms with E-state index < -0.39 is 10.0 Å². The summed E-state index contributed by atoms with van der Waals surface area (Å²) in [5.74, 6) is 0.0223. The van der Waals surface area contributed by atoms with Crippen molar-refractivity contribution < 1.29 is 13.2 Å². The summed E-state index contributed by atoms with van der Waals surface area (Å²) in [6.07, 6.45) is 0. The van der Waals surface area contributed by atoms with E-state index in [-0.39, 0.29) is 11.9 Å². The molecule has 6 nitrogen and oxygen atoms in total. The Morgan fingerprint density at radius 2 is 1.67 bits per heavy atom. The van der Waals surface area contributed by atoms with Crippen LogP contribution in [0.1, 0.15) is 29.7 Å². The first-order chi connectivity index (χ1) is 14.3. The fourth-order valence-electron chi connectivity index (χ4n) is 3.95. The maximum atomic E-state index is 13.3. The molecule has 0 spiro atoms. The van der Waals surface area contributed by atoms with Crippen LogP contribution in [0.4, 0.5) is 0 Å². The largest absolute Gasteiger partial charge is 0.338 e. The molecule has 0 bridgehead atoms. The van der Waals surface area contributed by atoms with Gasteiger partial charge >= 0.3 is 0 Å². The van der Waals surface area contributed by atoms with Gasteiger partial charge in [0.15, 0.2) is 0 Å². The molecule has 2 aromatic carbocycles. The molecule has 0 aliphatic carbocycles. The van der Waals surface area contributed by atoms with Gasteiger partial charge in [-0.2, -0.15) is 4.31 Å². The van der Waals surface area contributed by atoms with E-state index in [0.717, 1.165) is 23.2 Å². The third-order valence-corrected chi connectivity index (χ3v) is 7.85. The van der Waals surface area contributed by atoms with Crippen molar-refractivity contribution in [3.05, 3.63) is 65.2 Å². The van der Waals surface area contributed by atoms with Gasteiger partial charge in [-0.15, -0.1) is 0 Å². The van der Waals surface area contributed by atoms with Crippen molar-refractivity contribution in [3.63, 3.8) is 0 Å². The van der Waals surface area contributed by atoms with E-state index in [1.54, 1.807) is 11.0 Å². The monoisotopic (exact) mass is 429 g/mol. The summed E-state index contributed by atoms with van der Waals surface area (Å²) in [5.41, 5.74) is 2.74. The Labute approximate surface area is 180 Å². The first-order valence-corrected chi connectivity index (χ1v) is 11.8. The summed E-state index contributed by atoms with van der Waals surface area (Å²) in [5, 5.41) is 0. The number of carbonyl (C=O) groups excluding carboxylic acids is 1. The molecule has 1 unspecified atom stereocenters. The number of likely N-dealkylation sites (N-methyl/N-ethyl adjacent to an activating group) is 1. The van der Waals surface area contributed by atoms with Crippen molar-refractivity contribution in [2.45, 2.75) is 31.7 Å². The summed E-state index contributed by atoms with van der Waals surface area (Å²) < 4.78 is 27.7. The topological polar surface area (TPSA) is 60.9 Å². The lowest BCUT2D eigenvalue weighted by molar-refractivity contribution is -0.138. The minimum atomic E-state index is -3.57. The Morgan fingerprint density at radius 3 is 2.23 bits per heavy atom. The number of rotatable bonds is 6. The minimum Gasteiger partial charge on any atom is -0.338 e. The summed E-state index contributed by atoms with van der Waals surface area (Å²) in [6.45, 7) is 7.93. The fraction of sp³-hybridized carbons (Fsp3) is 0.435. The predicted molar refractivity (Wildman–Crippen MR) is 119 cm³/mol. The van der Waals surface area contributed by atoms with Crippen molar-refractivity contribution in [2.24, 2.45) is 0 Å². The molecule has 162 valence electrons. The highest BCUT2D eigenvalue weighted by Crippen LogP contribution is 2.25. The van der Waals surface area contributed by atoms with Crippen molar-refractivity contribution >= 4 is 15.9 Å². The molecule has 0 N–H and O–H groups in total. The lowest BCUT2D eigenvalue weighted by atomic mass is 10.0. The Hall–Kier alpha value is -2.22. The van der Waals surface area contributed by atoms with Crippen LogP contribution in [0.15, 0.2) is 53.4 Å². The van der Waals surface area contributed by atoms with Gasteiger partial charge in [0.05, 0.1) is 4.90 Å². The summed E-state index contributed by atoms with van der Waals surface area (Å²) in [6, 6.07) is 14.8. The van der Waals surface area contributed by atoms with E-state index in [1.165, 1.54) is 4.31 Å². The van der Waals surface area contributed by atoms with Crippen LogP contribution in [0, 0.1) is 13.8 Å². The number of sulfonamides is 1. The van der Waals surface area contributed by atoms with E-state index >= 15 is 0 Å². The molecule has 1 aliphatic rings. The van der Waals surface area contributed by atoms with Crippen LogP contribution in [0.3, 0.4) is 0 Å².